The fraction of sp³-hybridized carbons (Fsp3) is 0.368. The van der Waals surface area contributed by atoms with Gasteiger partial charge in [0, 0.05) is 43.7 Å². The van der Waals surface area contributed by atoms with Crippen LogP contribution >= 0.6 is 7.82 Å². The van der Waals surface area contributed by atoms with Crippen LogP contribution in [0.4, 0.5) is 11.9 Å². The second-order valence-corrected chi connectivity index (χ2v) is 15.1. The van der Waals surface area contributed by atoms with Crippen LogP contribution in [0.3, 0.4) is 0 Å². The Morgan fingerprint density at radius 3 is 1.59 bits per heavy atom. The van der Waals surface area contributed by atoms with Gasteiger partial charge in [0.25, 0.3) is 11.8 Å². The number of hydrogen-bond acceptors (Lipinski definition) is 12. The van der Waals surface area contributed by atoms with Gasteiger partial charge in [-0.3, -0.25) is 43.7 Å². The summed E-state index contributed by atoms with van der Waals surface area (Å²) >= 11 is 0. The molecular formula is C38H47N12O10P. The molecule has 0 atom stereocenters. The number of anilines is 2. The number of hydrogen-bond donors (Lipinski definition) is 6. The number of methoxy groups -OCH3 is 1. The van der Waals surface area contributed by atoms with Crippen molar-refractivity contribution in [1.29, 1.82) is 0 Å². The van der Waals surface area contributed by atoms with Crippen molar-refractivity contribution in [2.75, 3.05) is 31.0 Å². The number of aromatic nitrogens is 8. The number of carbonyl (C=O) groups excluding carboxylic acids is 4. The molecular weight excluding hydrogens is 815 g/mol. The maximum absolute atomic E-state index is 13.7. The van der Waals surface area contributed by atoms with Crippen molar-refractivity contribution in [1.82, 2.24) is 38.7 Å². The van der Waals surface area contributed by atoms with Crippen LogP contribution in [0.1, 0.15) is 86.2 Å². The number of unbranched alkanes of at least 4 members (excludes halogenated alkanes) is 1. The van der Waals surface area contributed by atoms with Crippen molar-refractivity contribution in [3.8, 4) is 11.5 Å². The lowest BCUT2D eigenvalue weighted by Gasteiger charge is -2.15. The molecule has 8 N–H and O–H groups in total. The van der Waals surface area contributed by atoms with E-state index in [0.29, 0.717) is 71.0 Å². The number of benzene rings is 2. The molecule has 0 aliphatic carbocycles. The van der Waals surface area contributed by atoms with E-state index in [0.717, 1.165) is 0 Å². The molecule has 4 aromatic heterocycles. The average molecular weight is 863 g/mol. The number of primary amides is 2. The minimum Gasteiger partial charge on any atom is -0.494 e. The number of ether oxygens (including phenoxy) is 2. The molecule has 0 bridgehead atoms. The Balaban J connectivity index is 1.35. The van der Waals surface area contributed by atoms with Crippen LogP contribution in [-0.2, 0) is 35.3 Å². The largest absolute Gasteiger partial charge is 0.494 e. The van der Waals surface area contributed by atoms with E-state index in [-0.39, 0.29) is 67.0 Å². The number of amides is 4. The van der Waals surface area contributed by atoms with E-state index in [9.17, 15) is 23.7 Å². The van der Waals surface area contributed by atoms with Gasteiger partial charge in [0.2, 0.25) is 23.7 Å². The smallest absolute Gasteiger partial charge is 0.469 e. The third-order valence-corrected chi connectivity index (χ3v) is 10.1. The Kier molecular flexibility index (Phi) is 13.2. The Morgan fingerprint density at radius 2 is 1.16 bits per heavy atom. The first kappa shape index (κ1) is 44.0. The molecule has 4 heterocycles. The van der Waals surface area contributed by atoms with Gasteiger partial charge in [-0.15, -0.1) is 0 Å². The first-order valence-corrected chi connectivity index (χ1v) is 20.8. The molecule has 0 aliphatic rings. The summed E-state index contributed by atoms with van der Waals surface area (Å²) in [6, 6.07) is 9.24. The maximum Gasteiger partial charge on any atom is 0.469 e. The summed E-state index contributed by atoms with van der Waals surface area (Å²) in [6.45, 7) is 8.30. The van der Waals surface area contributed by atoms with E-state index >= 15 is 0 Å². The molecule has 0 saturated carbocycles. The highest BCUT2D eigenvalue weighted by Gasteiger charge is 2.24. The fourth-order valence-corrected chi connectivity index (χ4v) is 7.24. The van der Waals surface area contributed by atoms with Gasteiger partial charge in [-0.1, -0.05) is 0 Å². The van der Waals surface area contributed by atoms with E-state index in [1.807, 2.05) is 13.8 Å². The Labute approximate surface area is 348 Å². The zero-order valence-electron chi connectivity index (χ0n) is 34.2. The third-order valence-electron chi connectivity index (χ3n) is 9.54. The van der Waals surface area contributed by atoms with E-state index < -0.39 is 31.5 Å². The molecule has 22 nitrogen and oxygen atoms in total. The predicted molar refractivity (Wildman–Crippen MR) is 222 cm³/mol. The number of aryl methyl sites for hydroxylation is 6. The van der Waals surface area contributed by atoms with Crippen LogP contribution in [0.2, 0.25) is 0 Å². The molecule has 0 spiro atoms. The number of fused-ring (bicyclic) bond motifs is 2. The summed E-state index contributed by atoms with van der Waals surface area (Å²) in [5.41, 5.74) is 15.0. The average Bonchev–Trinajstić information content (AvgIpc) is 3.97. The van der Waals surface area contributed by atoms with Crippen molar-refractivity contribution in [3.05, 3.63) is 70.3 Å². The number of nitrogens with one attached hydrogen (secondary N) is 2. The van der Waals surface area contributed by atoms with E-state index in [1.54, 1.807) is 44.5 Å². The van der Waals surface area contributed by atoms with Crippen LogP contribution in [0.25, 0.3) is 22.1 Å². The maximum atomic E-state index is 13.7. The summed E-state index contributed by atoms with van der Waals surface area (Å²) in [4.78, 5) is 79.5. The topological polar surface area (TPSA) is 301 Å². The molecule has 0 unspecified atom stereocenters. The zero-order valence-corrected chi connectivity index (χ0v) is 35.1. The van der Waals surface area contributed by atoms with Crippen molar-refractivity contribution in [2.45, 2.75) is 73.1 Å². The van der Waals surface area contributed by atoms with E-state index in [1.165, 1.54) is 31.4 Å². The predicted octanol–water partition coefficient (Wildman–Crippen LogP) is 3.51. The lowest BCUT2D eigenvalue weighted by Crippen LogP contribution is -2.20. The second-order valence-electron chi connectivity index (χ2n) is 13.9. The molecule has 0 fully saturated rings. The number of nitrogens with zero attached hydrogens (tertiary/aromatic N) is 8. The minimum absolute atomic E-state index is 0.0702. The first-order valence-electron chi connectivity index (χ1n) is 19.3. The molecule has 324 valence electrons. The highest BCUT2D eigenvalue weighted by molar-refractivity contribution is 7.46. The van der Waals surface area contributed by atoms with Gasteiger partial charge in [0.1, 0.15) is 33.9 Å². The van der Waals surface area contributed by atoms with Crippen molar-refractivity contribution in [2.24, 2.45) is 11.5 Å². The molecule has 6 aromatic rings. The summed E-state index contributed by atoms with van der Waals surface area (Å²) in [5.74, 6) is -1.60. The van der Waals surface area contributed by atoms with E-state index in [4.69, 9.17) is 30.7 Å². The molecule has 4 amide bonds. The van der Waals surface area contributed by atoms with Gasteiger partial charge in [-0.25, -0.2) is 14.5 Å². The SMILES string of the molecule is CCn1nc(C)cc1C(=O)Nc1nc2cc(C(N)=O)cc(OC)c2n1CCCCn1c(NC(=O)c2cc(C)nn2CC)nc2cc(C(N)=O)cc(OCCCOP(=O)(O)O)c21. The lowest BCUT2D eigenvalue weighted by molar-refractivity contribution is 0.0991. The number of phosphoric ester groups is 1. The molecule has 23 heteroatoms. The van der Waals surface area contributed by atoms with Crippen molar-refractivity contribution >= 4 is 65.4 Å². The Morgan fingerprint density at radius 1 is 0.705 bits per heavy atom. The molecule has 61 heavy (non-hydrogen) atoms. The molecule has 0 saturated heterocycles. The number of nitrogens with two attached hydrogens (primary N) is 2. The normalized spacial score (nSPS) is 11.7. The standard InChI is InChI=1S/C38H47N12O10P/c1-6-49-27(15-21(3)45-49)35(53)43-37-41-25-17-23(33(39)51)19-29(58-5)31(25)47(37)11-8-9-12-48-32-26(42-38(48)44-36(54)28-16-22(4)46-50(28)7-2)18-24(34(40)52)20-30(32)59-13-10-14-60-61(55,56)57/h15-20H,6-14H2,1-5H3,(H2,39,51)(H2,40,52)(H,41,43,53)(H,42,44,54)(H2,55,56,57). The van der Waals surface area contributed by atoms with E-state index in [2.05, 4.69) is 35.3 Å². The lowest BCUT2D eigenvalue weighted by atomic mass is 10.1. The Bertz CT molecular complexity index is 2690. The van der Waals surface area contributed by atoms with Gasteiger partial charge in [0.05, 0.1) is 42.7 Å². The highest BCUT2D eigenvalue weighted by atomic mass is 31.2. The third kappa shape index (κ3) is 9.89. The van der Waals surface area contributed by atoms with Crippen molar-refractivity contribution in [3.63, 3.8) is 0 Å². The first-order chi connectivity index (χ1) is 29.0. The fourth-order valence-electron chi connectivity index (χ4n) is 6.87. The zero-order chi connectivity index (χ0) is 44.2. The van der Waals surface area contributed by atoms with Crippen LogP contribution in [0.15, 0.2) is 36.4 Å². The van der Waals surface area contributed by atoms with Crippen LogP contribution in [0, 0.1) is 13.8 Å². The summed E-state index contributed by atoms with van der Waals surface area (Å²) < 4.78 is 34.1. The summed E-state index contributed by atoms with van der Waals surface area (Å²) in [5, 5.41) is 14.5. The number of phosphoric acid groups is 1. The number of carbonyl (C=O) groups is 4. The van der Waals surface area contributed by atoms with Crippen molar-refractivity contribution < 1.29 is 47.5 Å². The summed E-state index contributed by atoms with van der Waals surface area (Å²) in [7, 11) is -3.26. The number of imidazole rings is 2. The van der Waals surface area contributed by atoms with Crippen LogP contribution in [0.5, 0.6) is 11.5 Å². The molecule has 0 aliphatic heterocycles. The molecule has 0 radical (unpaired) electrons. The monoisotopic (exact) mass is 862 g/mol. The highest BCUT2D eigenvalue weighted by Crippen LogP contribution is 2.36. The molecule has 2 aromatic carbocycles. The molecule has 6 rings (SSSR count). The second kappa shape index (κ2) is 18.3. The van der Waals surface area contributed by atoms with Gasteiger partial charge < -0.3 is 39.9 Å². The number of rotatable bonds is 20. The van der Waals surface area contributed by atoms with Gasteiger partial charge in [0.15, 0.2) is 0 Å². The summed E-state index contributed by atoms with van der Waals surface area (Å²) in [6.07, 6.45) is 0.962. The quantitative estimate of drug-likeness (QED) is 0.0473. The van der Waals surface area contributed by atoms with Gasteiger partial charge >= 0.3 is 7.82 Å². The van der Waals surface area contributed by atoms with Gasteiger partial charge in [-0.2, -0.15) is 10.2 Å². The van der Waals surface area contributed by atoms with Crippen LogP contribution < -0.4 is 31.6 Å². The van der Waals surface area contributed by atoms with Gasteiger partial charge in [-0.05, 0) is 76.9 Å². The van der Waals surface area contributed by atoms with Crippen LogP contribution in [-0.4, -0.2) is 92.4 Å². The Hall–Kier alpha value is -6.61. The minimum atomic E-state index is -4.70.